The minimum atomic E-state index is 0.738. The molecule has 3 heteroatoms. The van der Waals surface area contributed by atoms with E-state index < -0.39 is 0 Å². The Morgan fingerprint density at radius 1 is 1.38 bits per heavy atom. The summed E-state index contributed by atoms with van der Waals surface area (Å²) in [6.45, 7) is 10.2. The Balaban J connectivity index is 1.94. The van der Waals surface area contributed by atoms with Crippen LogP contribution in [0.15, 0.2) is 11.4 Å². The Labute approximate surface area is 103 Å². The first kappa shape index (κ1) is 13.7. The maximum absolute atomic E-state index is 5.54. The Kier molecular flexibility index (Phi) is 6.69. The van der Waals surface area contributed by atoms with Crippen LogP contribution in [-0.2, 0) is 11.3 Å². The molecule has 0 aliphatic rings. The normalized spacial score (nSPS) is 11.2. The molecule has 1 N–H and O–H groups in total. The molecular formula is C13H23NOS. The molecule has 0 amide bonds. The van der Waals surface area contributed by atoms with E-state index in [1.807, 2.05) is 11.3 Å². The molecule has 1 aromatic heterocycles. The summed E-state index contributed by atoms with van der Waals surface area (Å²) >= 11 is 1.82. The van der Waals surface area contributed by atoms with Crippen molar-refractivity contribution in [3.63, 3.8) is 0 Å². The van der Waals surface area contributed by atoms with Gasteiger partial charge in [-0.05, 0) is 36.3 Å². The van der Waals surface area contributed by atoms with E-state index in [2.05, 4.69) is 37.5 Å². The van der Waals surface area contributed by atoms with Crippen molar-refractivity contribution in [3.8, 4) is 0 Å². The molecule has 0 fully saturated rings. The molecule has 0 saturated heterocycles. The monoisotopic (exact) mass is 241 g/mol. The maximum atomic E-state index is 5.54. The highest BCUT2D eigenvalue weighted by atomic mass is 32.1. The van der Waals surface area contributed by atoms with Crippen molar-refractivity contribution in [2.45, 2.75) is 33.7 Å². The summed E-state index contributed by atoms with van der Waals surface area (Å²) in [5.41, 5.74) is 1.39. The standard InChI is InChI=1S/C13H23NOS/c1-11(2)4-7-15-8-6-14-10-13-12(3)5-9-16-13/h5,9,11,14H,4,6-8,10H2,1-3H3. The van der Waals surface area contributed by atoms with Crippen molar-refractivity contribution in [1.82, 2.24) is 5.32 Å². The van der Waals surface area contributed by atoms with Crippen molar-refractivity contribution in [2.75, 3.05) is 19.8 Å². The van der Waals surface area contributed by atoms with Gasteiger partial charge in [0, 0.05) is 24.6 Å². The number of aryl methyl sites for hydroxylation is 1. The van der Waals surface area contributed by atoms with E-state index in [4.69, 9.17) is 4.74 Å². The zero-order chi connectivity index (χ0) is 11.8. The van der Waals surface area contributed by atoms with Crippen LogP contribution in [0.1, 0.15) is 30.7 Å². The van der Waals surface area contributed by atoms with Crippen LogP contribution in [0.2, 0.25) is 0 Å². The van der Waals surface area contributed by atoms with Gasteiger partial charge in [-0.15, -0.1) is 11.3 Å². The molecule has 1 heterocycles. The molecule has 0 aliphatic heterocycles. The summed E-state index contributed by atoms with van der Waals surface area (Å²) in [4.78, 5) is 1.43. The fourth-order valence-electron chi connectivity index (χ4n) is 1.35. The molecule has 1 rings (SSSR count). The van der Waals surface area contributed by atoms with Gasteiger partial charge >= 0.3 is 0 Å². The van der Waals surface area contributed by atoms with Crippen LogP contribution in [0.3, 0.4) is 0 Å². The summed E-state index contributed by atoms with van der Waals surface area (Å²) in [6.07, 6.45) is 1.16. The summed E-state index contributed by atoms with van der Waals surface area (Å²) < 4.78 is 5.54. The third-order valence-corrected chi connectivity index (χ3v) is 3.54. The van der Waals surface area contributed by atoms with Crippen LogP contribution in [0, 0.1) is 12.8 Å². The second kappa shape index (κ2) is 7.82. The van der Waals surface area contributed by atoms with E-state index in [-0.39, 0.29) is 0 Å². The van der Waals surface area contributed by atoms with Crippen molar-refractivity contribution in [1.29, 1.82) is 0 Å². The molecule has 0 saturated carbocycles. The van der Waals surface area contributed by atoms with Gasteiger partial charge in [-0.2, -0.15) is 0 Å². The van der Waals surface area contributed by atoms with Crippen LogP contribution in [0.5, 0.6) is 0 Å². The number of hydrogen-bond donors (Lipinski definition) is 1. The highest BCUT2D eigenvalue weighted by molar-refractivity contribution is 7.10. The Morgan fingerprint density at radius 2 is 2.19 bits per heavy atom. The molecule has 92 valence electrons. The zero-order valence-electron chi connectivity index (χ0n) is 10.6. The van der Waals surface area contributed by atoms with Crippen LogP contribution in [0.25, 0.3) is 0 Å². The second-order valence-electron chi connectivity index (χ2n) is 4.50. The van der Waals surface area contributed by atoms with Gasteiger partial charge in [-0.25, -0.2) is 0 Å². The molecule has 0 aromatic carbocycles. The minimum absolute atomic E-state index is 0.738. The number of ether oxygens (including phenoxy) is 1. The van der Waals surface area contributed by atoms with Crippen molar-refractivity contribution >= 4 is 11.3 Å². The van der Waals surface area contributed by atoms with E-state index in [1.54, 1.807) is 0 Å². The highest BCUT2D eigenvalue weighted by Crippen LogP contribution is 2.14. The molecule has 0 atom stereocenters. The summed E-state index contributed by atoms with van der Waals surface area (Å²) in [5.74, 6) is 0.738. The third kappa shape index (κ3) is 5.64. The van der Waals surface area contributed by atoms with Gasteiger partial charge in [0.25, 0.3) is 0 Å². The van der Waals surface area contributed by atoms with E-state index in [9.17, 15) is 0 Å². The predicted molar refractivity (Wildman–Crippen MR) is 71.0 cm³/mol. The quantitative estimate of drug-likeness (QED) is 0.706. The van der Waals surface area contributed by atoms with Crippen molar-refractivity contribution in [2.24, 2.45) is 5.92 Å². The van der Waals surface area contributed by atoms with Gasteiger partial charge in [0.2, 0.25) is 0 Å². The summed E-state index contributed by atoms with van der Waals surface area (Å²) in [6, 6.07) is 2.17. The van der Waals surface area contributed by atoms with Crippen molar-refractivity contribution < 1.29 is 4.74 Å². The zero-order valence-corrected chi connectivity index (χ0v) is 11.4. The second-order valence-corrected chi connectivity index (χ2v) is 5.50. The Hall–Kier alpha value is -0.380. The van der Waals surface area contributed by atoms with Gasteiger partial charge in [0.15, 0.2) is 0 Å². The van der Waals surface area contributed by atoms with Crippen LogP contribution < -0.4 is 5.32 Å². The van der Waals surface area contributed by atoms with E-state index in [1.165, 1.54) is 10.4 Å². The molecule has 2 nitrogen and oxygen atoms in total. The van der Waals surface area contributed by atoms with Crippen LogP contribution >= 0.6 is 11.3 Å². The molecular weight excluding hydrogens is 218 g/mol. The average molecular weight is 241 g/mol. The fourth-order valence-corrected chi connectivity index (χ4v) is 2.23. The predicted octanol–water partition coefficient (Wildman–Crippen LogP) is 3.21. The Morgan fingerprint density at radius 3 is 2.81 bits per heavy atom. The first-order valence-corrected chi connectivity index (χ1v) is 6.89. The van der Waals surface area contributed by atoms with Crippen LogP contribution in [0.4, 0.5) is 0 Å². The topological polar surface area (TPSA) is 21.3 Å². The maximum Gasteiger partial charge on any atom is 0.0591 e. The smallest absolute Gasteiger partial charge is 0.0591 e. The molecule has 0 spiro atoms. The lowest BCUT2D eigenvalue weighted by atomic mass is 10.1. The fraction of sp³-hybridized carbons (Fsp3) is 0.692. The highest BCUT2D eigenvalue weighted by Gasteiger charge is 1.98. The van der Waals surface area contributed by atoms with Gasteiger partial charge < -0.3 is 10.1 Å². The molecule has 0 radical (unpaired) electrons. The van der Waals surface area contributed by atoms with Gasteiger partial charge in [0.1, 0.15) is 0 Å². The van der Waals surface area contributed by atoms with Gasteiger partial charge in [0.05, 0.1) is 6.61 Å². The lowest BCUT2D eigenvalue weighted by molar-refractivity contribution is 0.125. The minimum Gasteiger partial charge on any atom is -0.380 e. The van der Waals surface area contributed by atoms with Crippen molar-refractivity contribution in [3.05, 3.63) is 21.9 Å². The van der Waals surface area contributed by atoms with E-state index in [0.717, 1.165) is 38.6 Å². The summed E-state index contributed by atoms with van der Waals surface area (Å²) in [5, 5.41) is 5.55. The average Bonchev–Trinajstić information content (AvgIpc) is 2.62. The molecule has 0 aliphatic carbocycles. The number of hydrogen-bond acceptors (Lipinski definition) is 3. The Bertz CT molecular complexity index is 283. The largest absolute Gasteiger partial charge is 0.380 e. The number of thiophene rings is 1. The third-order valence-electron chi connectivity index (χ3n) is 2.52. The molecule has 16 heavy (non-hydrogen) atoms. The van der Waals surface area contributed by atoms with Crippen LogP contribution in [-0.4, -0.2) is 19.8 Å². The lowest BCUT2D eigenvalue weighted by Crippen LogP contribution is -2.19. The first-order valence-electron chi connectivity index (χ1n) is 6.01. The molecule has 0 bridgehead atoms. The van der Waals surface area contributed by atoms with E-state index in [0.29, 0.717) is 0 Å². The summed E-state index contributed by atoms with van der Waals surface area (Å²) in [7, 11) is 0. The van der Waals surface area contributed by atoms with Gasteiger partial charge in [-0.1, -0.05) is 13.8 Å². The van der Waals surface area contributed by atoms with Gasteiger partial charge in [-0.3, -0.25) is 0 Å². The lowest BCUT2D eigenvalue weighted by Gasteiger charge is -2.07. The molecule has 0 unspecified atom stereocenters. The van der Waals surface area contributed by atoms with E-state index >= 15 is 0 Å². The number of rotatable bonds is 8. The SMILES string of the molecule is Cc1ccsc1CNCCOCCC(C)C. The first-order chi connectivity index (χ1) is 7.70. The molecule has 1 aromatic rings. The number of nitrogens with one attached hydrogen (secondary N) is 1.